The van der Waals surface area contributed by atoms with Gasteiger partial charge in [-0.2, -0.15) is 0 Å². The van der Waals surface area contributed by atoms with Crippen LogP contribution < -0.4 is 0 Å². The van der Waals surface area contributed by atoms with Crippen molar-refractivity contribution in [1.82, 2.24) is 0 Å². The zero-order chi connectivity index (χ0) is 68.3. The van der Waals surface area contributed by atoms with E-state index in [-0.39, 0.29) is 32.0 Å². The van der Waals surface area contributed by atoms with Gasteiger partial charge in [-0.25, -0.2) is 4.57 Å². The summed E-state index contributed by atoms with van der Waals surface area (Å²) in [5.41, 5.74) is 0. The summed E-state index contributed by atoms with van der Waals surface area (Å²) in [6.45, 7) is 4.24. The monoisotopic (exact) mass is 1330 g/mol. The number of esters is 2. The van der Waals surface area contributed by atoms with Crippen LogP contribution in [0.2, 0.25) is 0 Å². The van der Waals surface area contributed by atoms with Crippen LogP contribution in [-0.2, 0) is 32.7 Å². The first-order valence-electron chi connectivity index (χ1n) is 38.9. The molecule has 0 radical (unpaired) electrons. The molecule has 0 saturated carbocycles. The summed E-state index contributed by atoms with van der Waals surface area (Å²) in [5, 5.41) is 0. The second-order valence-corrected chi connectivity index (χ2v) is 28.4. The number of quaternary nitrogens is 1. The third-order valence-electron chi connectivity index (χ3n) is 16.7. The van der Waals surface area contributed by atoms with E-state index in [9.17, 15) is 19.0 Å². The Balaban J connectivity index is 3.99. The van der Waals surface area contributed by atoms with Crippen LogP contribution in [0.25, 0.3) is 0 Å². The maximum absolute atomic E-state index is 12.9. The molecule has 0 saturated heterocycles. The van der Waals surface area contributed by atoms with Gasteiger partial charge < -0.3 is 18.9 Å². The topological polar surface area (TPSA) is 108 Å². The van der Waals surface area contributed by atoms with Crippen LogP contribution in [0.15, 0.2) is 134 Å². The Labute approximate surface area is 581 Å². The molecule has 10 heteroatoms. The van der Waals surface area contributed by atoms with Crippen molar-refractivity contribution >= 4 is 19.8 Å². The molecule has 0 aliphatic carbocycles. The van der Waals surface area contributed by atoms with Crippen molar-refractivity contribution in [2.24, 2.45) is 0 Å². The molecule has 0 spiro atoms. The van der Waals surface area contributed by atoms with E-state index in [4.69, 9.17) is 18.5 Å². The number of rotatable bonds is 71. The highest BCUT2D eigenvalue weighted by Gasteiger charge is 2.27. The normalized spacial score (nSPS) is 13.8. The highest BCUT2D eigenvalue weighted by molar-refractivity contribution is 7.47. The molecule has 0 bridgehead atoms. The number of nitrogens with zero attached hydrogens (tertiary/aromatic N) is 1. The lowest BCUT2D eigenvalue weighted by Crippen LogP contribution is -2.37. The van der Waals surface area contributed by atoms with E-state index in [1.54, 1.807) is 0 Å². The fraction of sp³-hybridized carbons (Fsp3) is 0.714. The van der Waals surface area contributed by atoms with Crippen molar-refractivity contribution in [3.8, 4) is 0 Å². The van der Waals surface area contributed by atoms with E-state index >= 15 is 0 Å². The van der Waals surface area contributed by atoms with Crippen molar-refractivity contribution in [3.63, 3.8) is 0 Å². The zero-order valence-electron chi connectivity index (χ0n) is 61.7. The molecule has 0 rings (SSSR count). The van der Waals surface area contributed by atoms with Gasteiger partial charge in [0, 0.05) is 12.8 Å². The van der Waals surface area contributed by atoms with Crippen LogP contribution in [0.1, 0.15) is 335 Å². The van der Waals surface area contributed by atoms with Crippen molar-refractivity contribution in [3.05, 3.63) is 134 Å². The second kappa shape index (κ2) is 73.4. The van der Waals surface area contributed by atoms with Crippen LogP contribution in [-0.4, -0.2) is 74.9 Å². The molecule has 540 valence electrons. The molecule has 0 aromatic rings. The van der Waals surface area contributed by atoms with Crippen LogP contribution in [0, 0.1) is 0 Å². The van der Waals surface area contributed by atoms with Gasteiger partial charge in [0.2, 0.25) is 0 Å². The number of phosphoric acid groups is 1. The number of hydrogen-bond donors (Lipinski definition) is 1. The summed E-state index contributed by atoms with van der Waals surface area (Å²) in [4.78, 5) is 36.0. The van der Waals surface area contributed by atoms with Crippen LogP contribution in [0.4, 0.5) is 0 Å². The lowest BCUT2D eigenvalue weighted by atomic mass is 10.0. The standard InChI is InChI=1S/C84H146NO8P/c1-6-8-10-12-14-16-18-20-22-24-26-28-30-32-34-36-38-40-41-42-43-45-47-49-51-53-55-57-59-61-63-65-67-69-71-73-75-77-84(87)93-82(81-92-94(88,89)91-79-78-85(3,4)5)80-90-83(86)76-74-72-70-68-66-64-62-60-58-56-54-52-50-48-46-44-39-37-35-33-31-29-27-25-23-21-19-17-15-13-11-9-7-2/h8-11,14-17,20-23,26-29,32,34,38,40,42-43,82H,6-7,12-13,18-19,24-25,30-31,33,35-37,39,41,44-81H2,1-5H3/p+1/b10-8-,11-9-,16-14-,17-15-,22-20-,23-21-,28-26-,29-27-,34-32-,40-38-,43-42-. The third-order valence-corrected chi connectivity index (χ3v) is 17.7. The van der Waals surface area contributed by atoms with E-state index in [1.165, 1.54) is 193 Å². The Morgan fingerprint density at radius 2 is 0.574 bits per heavy atom. The highest BCUT2D eigenvalue weighted by Crippen LogP contribution is 2.43. The highest BCUT2D eigenvalue weighted by atomic mass is 31.2. The molecule has 0 aromatic heterocycles. The Bertz CT molecular complexity index is 2050. The summed E-state index contributed by atoms with van der Waals surface area (Å²) < 4.78 is 34.8. The average Bonchev–Trinajstić information content (AvgIpc) is 1.56. The Morgan fingerprint density at radius 3 is 0.851 bits per heavy atom. The van der Waals surface area contributed by atoms with Crippen LogP contribution in [0.5, 0.6) is 0 Å². The molecule has 0 fully saturated rings. The van der Waals surface area contributed by atoms with Gasteiger partial charge in [0.1, 0.15) is 19.8 Å². The number of unbranched alkanes of at least 4 members (excludes halogenated alkanes) is 35. The summed E-state index contributed by atoms with van der Waals surface area (Å²) >= 11 is 0. The average molecular weight is 1330 g/mol. The molecule has 0 heterocycles. The van der Waals surface area contributed by atoms with Gasteiger partial charge in [0.15, 0.2) is 6.10 Å². The van der Waals surface area contributed by atoms with Gasteiger partial charge in [0.05, 0.1) is 27.7 Å². The SMILES string of the molecule is CC/C=C\C/C=C\C/C=C\C/C=C\C/C=C\C/C=C\C/C=C\CCCCCCCCCCCCCCCCCC(=O)OC(COC(=O)CCCCCCCCCCCCCCCCCCCCCC/C=C\C/C=C\C/C=C\C/C=C\CC)COP(=O)(O)OCC[N+](C)(C)C. The van der Waals surface area contributed by atoms with Crippen molar-refractivity contribution in [2.45, 2.75) is 341 Å². The van der Waals surface area contributed by atoms with Gasteiger partial charge >= 0.3 is 19.8 Å². The molecule has 0 amide bonds. The minimum atomic E-state index is -4.40. The van der Waals surface area contributed by atoms with Gasteiger partial charge in [-0.05, 0) is 109 Å². The smallest absolute Gasteiger partial charge is 0.462 e. The molecular weight excluding hydrogens is 1180 g/mol. The maximum Gasteiger partial charge on any atom is 0.472 e. The second-order valence-electron chi connectivity index (χ2n) is 27.0. The Kier molecular flexibility index (Phi) is 70.4. The number of allylic oxidation sites excluding steroid dienone is 22. The van der Waals surface area contributed by atoms with E-state index in [0.29, 0.717) is 17.4 Å². The quantitative estimate of drug-likeness (QED) is 0.0211. The fourth-order valence-corrected chi connectivity index (χ4v) is 11.6. The zero-order valence-corrected chi connectivity index (χ0v) is 62.6. The van der Waals surface area contributed by atoms with E-state index in [1.807, 2.05) is 21.1 Å². The predicted molar refractivity (Wildman–Crippen MR) is 408 cm³/mol. The lowest BCUT2D eigenvalue weighted by Gasteiger charge is -2.24. The third kappa shape index (κ3) is 77.2. The first-order chi connectivity index (χ1) is 46.0. The minimum Gasteiger partial charge on any atom is -0.462 e. The van der Waals surface area contributed by atoms with Gasteiger partial charge in [-0.3, -0.25) is 18.6 Å². The van der Waals surface area contributed by atoms with Crippen LogP contribution >= 0.6 is 7.82 Å². The number of ether oxygens (including phenoxy) is 2. The Hall–Kier alpha value is -3.85. The van der Waals surface area contributed by atoms with E-state index < -0.39 is 26.5 Å². The molecule has 9 nitrogen and oxygen atoms in total. The molecule has 0 aliphatic rings. The summed E-state index contributed by atoms with van der Waals surface area (Å²) in [6, 6.07) is 0. The molecule has 94 heavy (non-hydrogen) atoms. The van der Waals surface area contributed by atoms with Gasteiger partial charge in [0.25, 0.3) is 0 Å². The minimum absolute atomic E-state index is 0.0289. The van der Waals surface area contributed by atoms with E-state index in [2.05, 4.69) is 148 Å². The number of carbonyl (C=O) groups excluding carboxylic acids is 2. The summed E-state index contributed by atoms with van der Waals surface area (Å²) in [7, 11) is 1.48. The molecular formula is C84H147NO8P+. The molecule has 2 unspecified atom stereocenters. The molecule has 2 atom stereocenters. The summed E-state index contributed by atoms with van der Waals surface area (Å²) in [6.07, 6.45) is 107. The predicted octanol–water partition coefficient (Wildman–Crippen LogP) is 25.9. The van der Waals surface area contributed by atoms with Gasteiger partial charge in [-0.1, -0.05) is 347 Å². The van der Waals surface area contributed by atoms with Crippen LogP contribution in [0.3, 0.4) is 0 Å². The van der Waals surface area contributed by atoms with E-state index in [0.717, 1.165) is 109 Å². The summed E-state index contributed by atoms with van der Waals surface area (Å²) in [5.74, 6) is -0.788. The number of hydrogen-bond acceptors (Lipinski definition) is 7. The number of phosphoric ester groups is 1. The number of carbonyl (C=O) groups is 2. The van der Waals surface area contributed by atoms with Crippen molar-refractivity contribution < 1.29 is 42.1 Å². The van der Waals surface area contributed by atoms with Crippen molar-refractivity contribution in [1.29, 1.82) is 0 Å². The van der Waals surface area contributed by atoms with Crippen molar-refractivity contribution in [2.75, 3.05) is 47.5 Å². The maximum atomic E-state index is 12.9. The molecule has 0 aliphatic heterocycles. The molecule has 1 N–H and O–H groups in total. The van der Waals surface area contributed by atoms with Gasteiger partial charge in [-0.15, -0.1) is 0 Å². The molecule has 0 aromatic carbocycles. The first kappa shape index (κ1) is 90.2. The fourth-order valence-electron chi connectivity index (χ4n) is 10.8. The lowest BCUT2D eigenvalue weighted by molar-refractivity contribution is -0.870. The number of likely N-dealkylation sites (N-methyl/N-ethyl adjacent to an activating group) is 1. The largest absolute Gasteiger partial charge is 0.472 e. The first-order valence-corrected chi connectivity index (χ1v) is 40.4. The Morgan fingerprint density at radius 1 is 0.330 bits per heavy atom.